The molecule has 0 atom stereocenters. The Morgan fingerprint density at radius 2 is 1.43 bits per heavy atom. The Morgan fingerprint density at radius 1 is 0.821 bits per heavy atom. The van der Waals surface area contributed by atoms with Gasteiger partial charge in [-0.25, -0.2) is 8.78 Å². The molecule has 2 aromatic carbocycles. The minimum absolute atomic E-state index is 0.117. The summed E-state index contributed by atoms with van der Waals surface area (Å²) in [5, 5.41) is 0. The number of rotatable bonds is 11. The van der Waals surface area contributed by atoms with Crippen LogP contribution >= 0.6 is 0 Å². The van der Waals surface area contributed by atoms with Gasteiger partial charge in [-0.05, 0) is 37.5 Å². The van der Waals surface area contributed by atoms with E-state index in [1.54, 1.807) is 19.1 Å². The van der Waals surface area contributed by atoms with Gasteiger partial charge in [-0.3, -0.25) is 0 Å². The summed E-state index contributed by atoms with van der Waals surface area (Å²) < 4.78 is 66.5. The van der Waals surface area contributed by atoms with Gasteiger partial charge in [0.25, 0.3) is 5.92 Å². The summed E-state index contributed by atoms with van der Waals surface area (Å²) in [6.45, 7) is 3.48. The molecule has 0 amide bonds. The predicted molar refractivity (Wildman–Crippen MR) is 101 cm³/mol. The van der Waals surface area contributed by atoms with Crippen LogP contribution in [0.4, 0.5) is 17.6 Å². The Balaban J connectivity index is 1.93. The molecule has 0 saturated heterocycles. The molecule has 0 saturated carbocycles. The minimum atomic E-state index is -3.12. The van der Waals surface area contributed by atoms with Crippen LogP contribution < -0.4 is 9.47 Å². The van der Waals surface area contributed by atoms with E-state index in [9.17, 15) is 17.6 Å². The fourth-order valence-electron chi connectivity index (χ4n) is 2.82. The number of hydrogen-bond acceptors (Lipinski definition) is 2. The van der Waals surface area contributed by atoms with Crippen LogP contribution in [0.1, 0.15) is 50.7 Å². The van der Waals surface area contributed by atoms with E-state index in [0.717, 1.165) is 31.2 Å². The first-order chi connectivity index (χ1) is 13.4. The third-order valence-electron chi connectivity index (χ3n) is 4.43. The second-order valence-electron chi connectivity index (χ2n) is 6.58. The van der Waals surface area contributed by atoms with E-state index in [0.29, 0.717) is 0 Å². The molecular weight excluding hydrogens is 372 g/mol. The maximum atomic E-state index is 14.4. The van der Waals surface area contributed by atoms with Crippen LogP contribution in [0.15, 0.2) is 36.4 Å². The van der Waals surface area contributed by atoms with Crippen LogP contribution in [-0.4, -0.2) is 13.2 Å². The number of ether oxygens (including phenoxy) is 2. The lowest BCUT2D eigenvalue weighted by molar-refractivity contribution is -0.0246. The Hall–Kier alpha value is -2.24. The maximum Gasteiger partial charge on any atom is 0.276 e. The van der Waals surface area contributed by atoms with E-state index in [4.69, 9.17) is 9.47 Å². The topological polar surface area (TPSA) is 18.5 Å². The summed E-state index contributed by atoms with van der Waals surface area (Å²) in [6, 6.07) is 8.64. The average Bonchev–Trinajstić information content (AvgIpc) is 2.68. The van der Waals surface area contributed by atoms with Crippen molar-refractivity contribution in [3.63, 3.8) is 0 Å². The average molecular weight is 398 g/mol. The standard InChI is InChI=1S/C22H26F4O2/c1-3-5-6-7-16-8-10-17(11-9-16)22(25,26)14-15-28-19-13-12-18(27-4-2)20(23)21(19)24/h8-13H,3-7,14-15H2,1-2H3. The lowest BCUT2D eigenvalue weighted by Crippen LogP contribution is -2.18. The molecule has 0 spiro atoms. The zero-order valence-corrected chi connectivity index (χ0v) is 16.2. The second-order valence-corrected chi connectivity index (χ2v) is 6.58. The van der Waals surface area contributed by atoms with Crippen molar-refractivity contribution in [1.82, 2.24) is 0 Å². The van der Waals surface area contributed by atoms with Crippen molar-refractivity contribution >= 4 is 0 Å². The quantitative estimate of drug-likeness (QED) is 0.311. The number of hydrogen-bond donors (Lipinski definition) is 0. The summed E-state index contributed by atoms with van der Waals surface area (Å²) in [7, 11) is 0. The van der Waals surface area contributed by atoms with Gasteiger partial charge in [0.15, 0.2) is 11.5 Å². The van der Waals surface area contributed by atoms with Gasteiger partial charge < -0.3 is 9.47 Å². The van der Waals surface area contributed by atoms with Crippen molar-refractivity contribution in [3.05, 3.63) is 59.2 Å². The van der Waals surface area contributed by atoms with Crippen molar-refractivity contribution in [3.8, 4) is 11.5 Å². The molecule has 0 aromatic heterocycles. The van der Waals surface area contributed by atoms with Gasteiger partial charge in [-0.15, -0.1) is 0 Å². The van der Waals surface area contributed by atoms with Gasteiger partial charge in [0, 0.05) is 12.0 Å². The number of alkyl halides is 2. The molecule has 2 aromatic rings. The molecule has 154 valence electrons. The fourth-order valence-corrected chi connectivity index (χ4v) is 2.82. The van der Waals surface area contributed by atoms with E-state index < -0.39 is 36.3 Å². The first kappa shape index (κ1) is 22.1. The highest BCUT2D eigenvalue weighted by Gasteiger charge is 2.31. The van der Waals surface area contributed by atoms with Crippen LogP contribution in [0.3, 0.4) is 0 Å². The molecule has 0 N–H and O–H groups in total. The zero-order valence-electron chi connectivity index (χ0n) is 16.2. The molecule has 0 aliphatic carbocycles. The van der Waals surface area contributed by atoms with Crippen molar-refractivity contribution < 1.29 is 27.0 Å². The van der Waals surface area contributed by atoms with Crippen LogP contribution in [0.25, 0.3) is 0 Å². The molecule has 0 unspecified atom stereocenters. The lowest BCUT2D eigenvalue weighted by atomic mass is 10.0. The van der Waals surface area contributed by atoms with Crippen LogP contribution in [0.2, 0.25) is 0 Å². The largest absolute Gasteiger partial charge is 0.491 e. The smallest absolute Gasteiger partial charge is 0.276 e. The predicted octanol–water partition coefficient (Wildman–Crippen LogP) is 6.66. The Kier molecular flexibility index (Phi) is 8.15. The summed E-state index contributed by atoms with van der Waals surface area (Å²) in [6.07, 6.45) is 3.47. The molecule has 0 aliphatic heterocycles. The SMILES string of the molecule is CCCCCc1ccc(C(F)(F)CCOc2ccc(OCC)c(F)c2F)cc1. The van der Waals surface area contributed by atoms with E-state index in [2.05, 4.69) is 6.92 Å². The molecule has 6 heteroatoms. The Bertz CT molecular complexity index is 745. The van der Waals surface area contributed by atoms with Crippen molar-refractivity contribution in [2.24, 2.45) is 0 Å². The maximum absolute atomic E-state index is 14.4. The van der Waals surface area contributed by atoms with Crippen molar-refractivity contribution in [2.75, 3.05) is 13.2 Å². The normalized spacial score (nSPS) is 11.5. The second kappa shape index (κ2) is 10.3. The minimum Gasteiger partial charge on any atom is -0.491 e. The van der Waals surface area contributed by atoms with Crippen molar-refractivity contribution in [2.45, 2.75) is 51.9 Å². The molecule has 0 bridgehead atoms. The van der Waals surface area contributed by atoms with Crippen molar-refractivity contribution in [1.29, 1.82) is 0 Å². The zero-order chi connectivity index (χ0) is 20.6. The summed E-state index contributed by atoms with van der Waals surface area (Å²) >= 11 is 0. The van der Waals surface area contributed by atoms with Gasteiger partial charge in [-0.1, -0.05) is 44.0 Å². The number of benzene rings is 2. The molecule has 0 aliphatic rings. The Morgan fingerprint density at radius 3 is 2.00 bits per heavy atom. The van der Waals surface area contributed by atoms with Gasteiger partial charge >= 0.3 is 0 Å². The van der Waals surface area contributed by atoms with Gasteiger partial charge in [0.05, 0.1) is 13.2 Å². The van der Waals surface area contributed by atoms with E-state index in [1.807, 2.05) is 0 Å². The molecule has 0 fully saturated rings. The Labute approximate surface area is 163 Å². The van der Waals surface area contributed by atoms with E-state index >= 15 is 0 Å². The highest BCUT2D eigenvalue weighted by Crippen LogP contribution is 2.33. The number of unbranched alkanes of at least 4 members (excludes halogenated alkanes) is 2. The van der Waals surface area contributed by atoms with E-state index in [1.165, 1.54) is 24.3 Å². The highest BCUT2D eigenvalue weighted by atomic mass is 19.3. The van der Waals surface area contributed by atoms with Crippen LogP contribution in [-0.2, 0) is 12.3 Å². The van der Waals surface area contributed by atoms with Gasteiger partial charge in [0.2, 0.25) is 11.6 Å². The molecule has 28 heavy (non-hydrogen) atoms. The third kappa shape index (κ3) is 5.88. The third-order valence-corrected chi connectivity index (χ3v) is 4.43. The fraction of sp³-hybridized carbons (Fsp3) is 0.455. The molecule has 0 radical (unpaired) electrons. The summed E-state index contributed by atoms with van der Waals surface area (Å²) in [5.74, 6) is -6.21. The first-order valence-corrected chi connectivity index (χ1v) is 9.59. The number of halogens is 4. The number of aryl methyl sites for hydroxylation is 1. The monoisotopic (exact) mass is 398 g/mol. The molecule has 0 heterocycles. The highest BCUT2D eigenvalue weighted by molar-refractivity contribution is 5.35. The van der Waals surface area contributed by atoms with E-state index in [-0.39, 0.29) is 17.9 Å². The van der Waals surface area contributed by atoms with Crippen LogP contribution in [0, 0.1) is 11.6 Å². The summed E-state index contributed by atoms with van der Waals surface area (Å²) in [4.78, 5) is 0. The lowest BCUT2D eigenvalue weighted by Gasteiger charge is -2.18. The first-order valence-electron chi connectivity index (χ1n) is 9.59. The molecular formula is C22H26F4O2. The van der Waals surface area contributed by atoms with Gasteiger partial charge in [-0.2, -0.15) is 8.78 Å². The van der Waals surface area contributed by atoms with Crippen LogP contribution in [0.5, 0.6) is 11.5 Å². The molecule has 2 nitrogen and oxygen atoms in total. The summed E-state index contributed by atoms with van der Waals surface area (Å²) in [5.41, 5.74) is 0.907. The van der Waals surface area contributed by atoms with Gasteiger partial charge in [0.1, 0.15) is 0 Å². The molecule has 2 rings (SSSR count).